The number of piperidine rings is 1. The fourth-order valence-electron chi connectivity index (χ4n) is 3.20. The Morgan fingerprint density at radius 3 is 2.70 bits per heavy atom. The number of hydrogen-bond donors (Lipinski definition) is 1. The summed E-state index contributed by atoms with van der Waals surface area (Å²) in [5, 5.41) is 6.79. The smallest absolute Gasteiger partial charge is 0.317 e. The standard InChI is InChI=1S/C16H29N5O2/c1-5-14-18-15(23-19-14)11-20(4)16(22)17-6-7-21-9-12(2)8-13(3)10-21/h12-13H,5-11H2,1-4H3,(H,17,22)/t12-,13-/m0/s1. The van der Waals surface area contributed by atoms with Crippen LogP contribution in [0.3, 0.4) is 0 Å². The van der Waals surface area contributed by atoms with Gasteiger partial charge in [-0.3, -0.25) is 0 Å². The predicted octanol–water partition coefficient (Wildman–Crippen LogP) is 1.75. The van der Waals surface area contributed by atoms with Gasteiger partial charge in [0, 0.05) is 39.6 Å². The molecule has 1 aromatic heterocycles. The molecule has 2 rings (SSSR count). The summed E-state index contributed by atoms with van der Waals surface area (Å²) in [5.41, 5.74) is 0. The van der Waals surface area contributed by atoms with E-state index in [1.807, 2.05) is 6.92 Å². The molecule has 0 unspecified atom stereocenters. The lowest BCUT2D eigenvalue weighted by molar-refractivity contribution is 0.140. The Labute approximate surface area is 138 Å². The third kappa shape index (κ3) is 5.49. The average molecular weight is 323 g/mol. The number of nitrogens with zero attached hydrogens (tertiary/aromatic N) is 4. The molecule has 0 saturated carbocycles. The minimum absolute atomic E-state index is 0.112. The fourth-order valence-corrected chi connectivity index (χ4v) is 3.20. The number of amides is 2. The van der Waals surface area contributed by atoms with E-state index in [1.165, 1.54) is 6.42 Å². The SMILES string of the molecule is CCc1noc(CN(C)C(=O)NCCN2C[C@@H](C)C[C@H](C)C2)n1. The Hall–Kier alpha value is -1.63. The van der Waals surface area contributed by atoms with Crippen molar-refractivity contribution in [2.24, 2.45) is 11.8 Å². The van der Waals surface area contributed by atoms with Gasteiger partial charge in [0.15, 0.2) is 5.82 Å². The van der Waals surface area contributed by atoms with E-state index < -0.39 is 0 Å². The number of nitrogens with one attached hydrogen (secondary N) is 1. The zero-order valence-electron chi connectivity index (χ0n) is 14.7. The van der Waals surface area contributed by atoms with Gasteiger partial charge in [0.2, 0.25) is 5.89 Å². The highest BCUT2D eigenvalue weighted by Gasteiger charge is 2.21. The van der Waals surface area contributed by atoms with Crippen molar-refractivity contribution >= 4 is 6.03 Å². The van der Waals surface area contributed by atoms with E-state index in [0.29, 0.717) is 24.8 Å². The van der Waals surface area contributed by atoms with Gasteiger partial charge in [0.05, 0.1) is 0 Å². The first-order valence-corrected chi connectivity index (χ1v) is 8.50. The molecule has 2 heterocycles. The minimum atomic E-state index is -0.112. The highest BCUT2D eigenvalue weighted by Crippen LogP contribution is 2.20. The van der Waals surface area contributed by atoms with Crippen molar-refractivity contribution < 1.29 is 9.32 Å². The highest BCUT2D eigenvalue weighted by molar-refractivity contribution is 5.73. The van der Waals surface area contributed by atoms with Crippen LogP contribution in [0.1, 0.15) is 38.9 Å². The third-order valence-corrected chi connectivity index (χ3v) is 4.19. The number of aromatic nitrogens is 2. The second-order valence-electron chi connectivity index (χ2n) is 6.75. The van der Waals surface area contributed by atoms with Crippen molar-refractivity contribution in [1.29, 1.82) is 0 Å². The molecule has 0 aromatic carbocycles. The van der Waals surface area contributed by atoms with Crippen LogP contribution in [0.2, 0.25) is 0 Å². The number of hydrogen-bond acceptors (Lipinski definition) is 5. The molecule has 0 aliphatic carbocycles. The summed E-state index contributed by atoms with van der Waals surface area (Å²) in [4.78, 5) is 20.3. The van der Waals surface area contributed by atoms with Crippen LogP contribution in [-0.4, -0.2) is 59.2 Å². The van der Waals surface area contributed by atoms with Crippen LogP contribution in [0.5, 0.6) is 0 Å². The molecule has 1 aliphatic heterocycles. The molecular weight excluding hydrogens is 294 g/mol. The molecule has 2 amide bonds. The summed E-state index contributed by atoms with van der Waals surface area (Å²) in [7, 11) is 1.73. The minimum Gasteiger partial charge on any atom is -0.337 e. The zero-order chi connectivity index (χ0) is 16.8. The van der Waals surface area contributed by atoms with Gasteiger partial charge in [-0.1, -0.05) is 25.9 Å². The van der Waals surface area contributed by atoms with Crippen LogP contribution in [0.15, 0.2) is 4.52 Å². The van der Waals surface area contributed by atoms with Gasteiger partial charge in [-0.05, 0) is 18.3 Å². The van der Waals surface area contributed by atoms with Gasteiger partial charge in [-0.15, -0.1) is 0 Å². The lowest BCUT2D eigenvalue weighted by Crippen LogP contribution is -2.45. The average Bonchev–Trinajstić information content (AvgIpc) is 2.93. The Bertz CT molecular complexity index is 494. The van der Waals surface area contributed by atoms with Crippen molar-refractivity contribution in [3.63, 3.8) is 0 Å². The molecule has 0 radical (unpaired) electrons. The number of carbonyl (C=O) groups excluding carboxylic acids is 1. The third-order valence-electron chi connectivity index (χ3n) is 4.19. The van der Waals surface area contributed by atoms with Crippen LogP contribution < -0.4 is 5.32 Å². The Morgan fingerprint density at radius 1 is 1.39 bits per heavy atom. The van der Waals surface area contributed by atoms with Crippen LogP contribution in [-0.2, 0) is 13.0 Å². The Morgan fingerprint density at radius 2 is 2.09 bits per heavy atom. The van der Waals surface area contributed by atoms with Crippen LogP contribution in [0, 0.1) is 11.8 Å². The molecular formula is C16H29N5O2. The predicted molar refractivity (Wildman–Crippen MR) is 87.9 cm³/mol. The number of urea groups is 1. The molecule has 0 spiro atoms. The monoisotopic (exact) mass is 323 g/mol. The largest absolute Gasteiger partial charge is 0.337 e. The van der Waals surface area contributed by atoms with Crippen LogP contribution in [0.25, 0.3) is 0 Å². The van der Waals surface area contributed by atoms with Gasteiger partial charge < -0.3 is 19.6 Å². The van der Waals surface area contributed by atoms with Crippen molar-refractivity contribution in [2.45, 2.75) is 40.2 Å². The maximum Gasteiger partial charge on any atom is 0.317 e. The molecule has 7 heteroatoms. The Kier molecular flexibility index (Phi) is 6.38. The quantitative estimate of drug-likeness (QED) is 0.863. The molecule has 1 aromatic rings. The topological polar surface area (TPSA) is 74.5 Å². The maximum atomic E-state index is 12.1. The van der Waals surface area contributed by atoms with Gasteiger partial charge in [-0.25, -0.2) is 4.79 Å². The van der Waals surface area contributed by atoms with E-state index in [4.69, 9.17) is 4.52 Å². The van der Waals surface area contributed by atoms with E-state index in [9.17, 15) is 4.79 Å². The Balaban J connectivity index is 1.69. The number of aryl methyl sites for hydroxylation is 1. The first-order valence-electron chi connectivity index (χ1n) is 8.50. The first-order chi connectivity index (χ1) is 11.0. The van der Waals surface area contributed by atoms with E-state index >= 15 is 0 Å². The van der Waals surface area contributed by atoms with Crippen LogP contribution >= 0.6 is 0 Å². The normalized spacial score (nSPS) is 22.1. The number of rotatable bonds is 6. The fraction of sp³-hybridized carbons (Fsp3) is 0.812. The van der Waals surface area contributed by atoms with Gasteiger partial charge >= 0.3 is 6.03 Å². The molecule has 7 nitrogen and oxygen atoms in total. The van der Waals surface area contributed by atoms with Crippen molar-refractivity contribution in [2.75, 3.05) is 33.2 Å². The molecule has 23 heavy (non-hydrogen) atoms. The second-order valence-corrected chi connectivity index (χ2v) is 6.75. The lowest BCUT2D eigenvalue weighted by atomic mass is 9.92. The van der Waals surface area contributed by atoms with Crippen LogP contribution in [0.4, 0.5) is 4.79 Å². The molecule has 2 atom stereocenters. The van der Waals surface area contributed by atoms with Gasteiger partial charge in [0.25, 0.3) is 0 Å². The maximum absolute atomic E-state index is 12.1. The summed E-state index contributed by atoms with van der Waals surface area (Å²) in [5.74, 6) is 2.62. The molecule has 1 N–H and O–H groups in total. The van der Waals surface area contributed by atoms with Crippen molar-refractivity contribution in [3.05, 3.63) is 11.7 Å². The van der Waals surface area contributed by atoms with Gasteiger partial charge in [0.1, 0.15) is 6.54 Å². The van der Waals surface area contributed by atoms with Crippen molar-refractivity contribution in [3.8, 4) is 0 Å². The first kappa shape index (κ1) is 17.7. The molecule has 1 aliphatic rings. The summed E-state index contributed by atoms with van der Waals surface area (Å²) in [6.07, 6.45) is 2.03. The number of likely N-dealkylation sites (tertiary alicyclic amines) is 1. The molecule has 1 fully saturated rings. The summed E-state index contributed by atoms with van der Waals surface area (Å²) >= 11 is 0. The summed E-state index contributed by atoms with van der Waals surface area (Å²) in [6, 6.07) is -0.112. The second kappa shape index (κ2) is 8.29. The summed E-state index contributed by atoms with van der Waals surface area (Å²) < 4.78 is 5.11. The lowest BCUT2D eigenvalue weighted by Gasteiger charge is -2.35. The summed E-state index contributed by atoms with van der Waals surface area (Å²) in [6.45, 7) is 10.7. The van der Waals surface area contributed by atoms with Gasteiger partial charge in [-0.2, -0.15) is 4.98 Å². The van der Waals surface area contributed by atoms with Crippen molar-refractivity contribution in [1.82, 2.24) is 25.3 Å². The van der Waals surface area contributed by atoms with E-state index in [0.717, 1.165) is 37.9 Å². The molecule has 130 valence electrons. The van der Waals surface area contributed by atoms with E-state index in [2.05, 4.69) is 34.2 Å². The van der Waals surface area contributed by atoms with E-state index in [-0.39, 0.29) is 6.03 Å². The molecule has 1 saturated heterocycles. The molecule has 0 bridgehead atoms. The highest BCUT2D eigenvalue weighted by atomic mass is 16.5. The number of carbonyl (C=O) groups is 1. The van der Waals surface area contributed by atoms with E-state index in [1.54, 1.807) is 11.9 Å². The zero-order valence-corrected chi connectivity index (χ0v) is 14.7.